The molecule has 1 aromatic carbocycles. The average molecular weight is 354 g/mol. The number of hydrogen-bond acceptors (Lipinski definition) is 3. The minimum absolute atomic E-state index is 0.379. The van der Waals surface area contributed by atoms with E-state index in [2.05, 4.69) is 40.3 Å². The Balaban J connectivity index is 1.65. The molecule has 0 bridgehead atoms. The van der Waals surface area contributed by atoms with Crippen molar-refractivity contribution in [1.29, 1.82) is 0 Å². The van der Waals surface area contributed by atoms with Gasteiger partial charge in [0.25, 0.3) is 0 Å². The number of hydrogen-bond donors (Lipinski definition) is 2. The number of anilines is 1. The molecule has 0 saturated carbocycles. The van der Waals surface area contributed by atoms with Crippen molar-refractivity contribution in [2.24, 2.45) is 11.8 Å². The average Bonchev–Trinajstić information content (AvgIpc) is 2.48. The van der Waals surface area contributed by atoms with Gasteiger partial charge >= 0.3 is 0 Å². The van der Waals surface area contributed by atoms with E-state index in [9.17, 15) is 5.11 Å². The molecular weight excluding hydrogens is 330 g/mol. The summed E-state index contributed by atoms with van der Waals surface area (Å²) in [4.78, 5) is 0. The molecule has 0 heterocycles. The van der Waals surface area contributed by atoms with Gasteiger partial charge < -0.3 is 15.2 Å². The normalized spacial score (nSPS) is 23.0. The van der Waals surface area contributed by atoms with Gasteiger partial charge in [-0.3, -0.25) is 0 Å². The molecule has 0 spiro atoms. The third kappa shape index (κ3) is 5.46. The molecule has 0 saturated heterocycles. The van der Waals surface area contributed by atoms with Gasteiger partial charge in [0.1, 0.15) is 0 Å². The molecule has 0 fully saturated rings. The molecule has 0 aliphatic heterocycles. The number of nitrogens with one attached hydrogen (secondary N) is 1. The van der Waals surface area contributed by atoms with Gasteiger partial charge in [-0.1, -0.05) is 31.2 Å². The second-order valence-corrected chi connectivity index (χ2v) is 6.59. The van der Waals surface area contributed by atoms with E-state index in [1.807, 2.05) is 24.3 Å². The van der Waals surface area contributed by atoms with Crippen LogP contribution in [0.2, 0.25) is 0 Å². The number of allylic oxidation sites excluding steroid dienone is 2. The van der Waals surface area contributed by atoms with E-state index >= 15 is 0 Å². The van der Waals surface area contributed by atoms with E-state index in [4.69, 9.17) is 4.74 Å². The summed E-state index contributed by atoms with van der Waals surface area (Å²) in [5, 5.41) is 13.2. The standard InChI is InChI=1S/C17H24BrNO2/c1-13-6-2-3-7-14(13)11-21-12-15(20)10-19-17-9-5-4-8-16(17)18/h2-5,8-9,13-15,19-20H,6-7,10-12H2,1H3. The lowest BCUT2D eigenvalue weighted by atomic mass is 9.85. The van der Waals surface area contributed by atoms with Gasteiger partial charge in [-0.2, -0.15) is 0 Å². The molecule has 2 N–H and O–H groups in total. The highest BCUT2D eigenvalue weighted by molar-refractivity contribution is 9.10. The summed E-state index contributed by atoms with van der Waals surface area (Å²) in [5.41, 5.74) is 0.989. The topological polar surface area (TPSA) is 41.5 Å². The van der Waals surface area contributed by atoms with Crippen LogP contribution in [0.1, 0.15) is 19.8 Å². The minimum atomic E-state index is -0.494. The van der Waals surface area contributed by atoms with Gasteiger partial charge in [-0.05, 0) is 52.7 Å². The van der Waals surface area contributed by atoms with E-state index in [0.29, 0.717) is 25.0 Å². The minimum Gasteiger partial charge on any atom is -0.389 e. The summed E-state index contributed by atoms with van der Waals surface area (Å²) in [7, 11) is 0. The zero-order valence-electron chi connectivity index (χ0n) is 12.5. The van der Waals surface area contributed by atoms with Crippen molar-refractivity contribution in [1.82, 2.24) is 0 Å². The first-order valence-corrected chi connectivity index (χ1v) is 8.35. The highest BCUT2D eigenvalue weighted by atomic mass is 79.9. The maximum atomic E-state index is 9.98. The first-order chi connectivity index (χ1) is 10.2. The number of aliphatic hydroxyl groups excluding tert-OH is 1. The van der Waals surface area contributed by atoms with E-state index in [1.165, 1.54) is 0 Å². The van der Waals surface area contributed by atoms with E-state index in [-0.39, 0.29) is 0 Å². The fourth-order valence-electron chi connectivity index (χ4n) is 2.49. The van der Waals surface area contributed by atoms with Crippen LogP contribution in [0.4, 0.5) is 5.69 Å². The molecule has 4 heteroatoms. The lowest BCUT2D eigenvalue weighted by Gasteiger charge is -2.25. The predicted octanol–water partition coefficient (Wildman–Crippen LogP) is 3.84. The first kappa shape index (κ1) is 16.5. The number of halogens is 1. The fraction of sp³-hybridized carbons (Fsp3) is 0.529. The third-order valence-corrected chi connectivity index (χ3v) is 4.65. The van der Waals surface area contributed by atoms with Crippen LogP contribution in [0.3, 0.4) is 0 Å². The van der Waals surface area contributed by atoms with Gasteiger partial charge in [0.2, 0.25) is 0 Å². The molecule has 3 unspecified atom stereocenters. The molecule has 3 atom stereocenters. The highest BCUT2D eigenvalue weighted by Gasteiger charge is 2.18. The fourth-order valence-corrected chi connectivity index (χ4v) is 2.91. The van der Waals surface area contributed by atoms with Crippen LogP contribution in [-0.4, -0.2) is 31.0 Å². The zero-order valence-corrected chi connectivity index (χ0v) is 14.1. The summed E-state index contributed by atoms with van der Waals surface area (Å²) in [5.74, 6) is 1.25. The van der Waals surface area contributed by atoms with E-state index < -0.39 is 6.10 Å². The van der Waals surface area contributed by atoms with Crippen molar-refractivity contribution in [3.63, 3.8) is 0 Å². The Labute approximate surface area is 135 Å². The molecule has 1 aromatic rings. The van der Waals surface area contributed by atoms with Gasteiger partial charge in [0, 0.05) is 16.7 Å². The Morgan fingerprint density at radius 3 is 2.86 bits per heavy atom. The second kappa shape index (κ2) is 8.57. The lowest BCUT2D eigenvalue weighted by Crippen LogP contribution is -2.27. The zero-order chi connectivity index (χ0) is 15.1. The van der Waals surface area contributed by atoms with Crippen LogP contribution in [-0.2, 0) is 4.74 Å². The number of aliphatic hydroxyl groups is 1. The Morgan fingerprint density at radius 2 is 2.10 bits per heavy atom. The second-order valence-electron chi connectivity index (χ2n) is 5.73. The first-order valence-electron chi connectivity index (χ1n) is 7.56. The maximum absolute atomic E-state index is 9.98. The van der Waals surface area contributed by atoms with Crippen molar-refractivity contribution in [3.8, 4) is 0 Å². The Morgan fingerprint density at radius 1 is 1.33 bits per heavy atom. The molecule has 21 heavy (non-hydrogen) atoms. The largest absolute Gasteiger partial charge is 0.389 e. The summed E-state index contributed by atoms with van der Waals surface area (Å²) >= 11 is 3.48. The van der Waals surface area contributed by atoms with Crippen molar-refractivity contribution in [3.05, 3.63) is 40.9 Å². The van der Waals surface area contributed by atoms with Crippen LogP contribution < -0.4 is 5.32 Å². The molecular formula is C17H24BrNO2. The van der Waals surface area contributed by atoms with E-state index in [1.54, 1.807) is 0 Å². The molecule has 2 rings (SSSR count). The predicted molar refractivity (Wildman–Crippen MR) is 90.5 cm³/mol. The maximum Gasteiger partial charge on any atom is 0.0945 e. The molecule has 0 radical (unpaired) electrons. The van der Waals surface area contributed by atoms with Gasteiger partial charge in [-0.25, -0.2) is 0 Å². The molecule has 3 nitrogen and oxygen atoms in total. The number of rotatable bonds is 7. The Hall–Kier alpha value is -0.840. The Bertz CT molecular complexity index is 464. The van der Waals surface area contributed by atoms with Crippen LogP contribution in [0.25, 0.3) is 0 Å². The SMILES string of the molecule is CC1CC=CCC1COCC(O)CNc1ccccc1Br. The molecule has 1 aliphatic carbocycles. The molecule has 1 aliphatic rings. The van der Waals surface area contributed by atoms with Crippen LogP contribution in [0.5, 0.6) is 0 Å². The number of para-hydroxylation sites is 1. The Kier molecular flexibility index (Phi) is 6.74. The molecule has 0 aromatic heterocycles. The third-order valence-electron chi connectivity index (χ3n) is 3.96. The smallest absolute Gasteiger partial charge is 0.0945 e. The highest BCUT2D eigenvalue weighted by Crippen LogP contribution is 2.25. The van der Waals surface area contributed by atoms with Crippen molar-refractivity contribution >= 4 is 21.6 Å². The summed E-state index contributed by atoms with van der Waals surface area (Å²) < 4.78 is 6.69. The quantitative estimate of drug-likeness (QED) is 0.731. The summed E-state index contributed by atoms with van der Waals surface area (Å²) in [6.45, 7) is 3.87. The van der Waals surface area contributed by atoms with Gasteiger partial charge in [0.05, 0.1) is 19.3 Å². The number of benzene rings is 1. The van der Waals surface area contributed by atoms with Crippen molar-refractivity contribution in [2.45, 2.75) is 25.9 Å². The van der Waals surface area contributed by atoms with Gasteiger partial charge in [-0.15, -0.1) is 0 Å². The van der Waals surface area contributed by atoms with E-state index in [0.717, 1.165) is 29.6 Å². The molecule has 0 amide bonds. The number of ether oxygens (including phenoxy) is 1. The van der Waals surface area contributed by atoms with Crippen molar-refractivity contribution in [2.75, 3.05) is 25.1 Å². The van der Waals surface area contributed by atoms with Crippen LogP contribution in [0.15, 0.2) is 40.9 Å². The summed E-state index contributed by atoms with van der Waals surface area (Å²) in [6.07, 6.45) is 6.22. The molecule has 116 valence electrons. The van der Waals surface area contributed by atoms with Crippen molar-refractivity contribution < 1.29 is 9.84 Å². The summed E-state index contributed by atoms with van der Waals surface area (Å²) in [6, 6.07) is 7.89. The van der Waals surface area contributed by atoms with Gasteiger partial charge in [0.15, 0.2) is 0 Å². The van der Waals surface area contributed by atoms with Crippen LogP contribution in [0, 0.1) is 11.8 Å². The lowest BCUT2D eigenvalue weighted by molar-refractivity contribution is 0.0175. The van der Waals surface area contributed by atoms with Crippen LogP contribution >= 0.6 is 15.9 Å². The monoisotopic (exact) mass is 353 g/mol.